The van der Waals surface area contributed by atoms with Gasteiger partial charge in [0.2, 0.25) is 10.0 Å². The molecule has 26 heavy (non-hydrogen) atoms. The molecular formula is C16H16N2O7S. The molecule has 0 atom stereocenters. The van der Waals surface area contributed by atoms with Gasteiger partial charge in [0.25, 0.3) is 11.8 Å². The maximum absolute atomic E-state index is 12.0. The molecular weight excluding hydrogens is 364 g/mol. The van der Waals surface area contributed by atoms with Crippen molar-refractivity contribution in [1.29, 1.82) is 0 Å². The van der Waals surface area contributed by atoms with E-state index in [0.717, 1.165) is 6.07 Å². The van der Waals surface area contributed by atoms with Gasteiger partial charge in [0.15, 0.2) is 12.4 Å². The van der Waals surface area contributed by atoms with Crippen molar-refractivity contribution in [2.75, 3.05) is 13.2 Å². The quantitative estimate of drug-likeness (QED) is 0.676. The number of nitrogens with one attached hydrogen (secondary N) is 2. The SMILES string of the molecule is CCNS(=O)(=O)c1cccc(C(=O)OCC(=O)NC(=O)c2ccco2)c1. The molecule has 0 aliphatic heterocycles. The highest BCUT2D eigenvalue weighted by atomic mass is 32.2. The highest BCUT2D eigenvalue weighted by Gasteiger charge is 2.18. The summed E-state index contributed by atoms with van der Waals surface area (Å²) in [5, 5.41) is 1.99. The first-order valence-corrected chi connectivity index (χ1v) is 8.96. The number of hydrogen-bond acceptors (Lipinski definition) is 7. The number of rotatable bonds is 7. The zero-order chi connectivity index (χ0) is 19.2. The fraction of sp³-hybridized carbons (Fsp3) is 0.188. The minimum Gasteiger partial charge on any atom is -0.459 e. The summed E-state index contributed by atoms with van der Waals surface area (Å²) in [7, 11) is -3.73. The predicted octanol–water partition coefficient (Wildman–Crippen LogP) is 0.691. The lowest BCUT2D eigenvalue weighted by Gasteiger charge is -2.07. The van der Waals surface area contributed by atoms with E-state index in [4.69, 9.17) is 9.15 Å². The highest BCUT2D eigenvalue weighted by Crippen LogP contribution is 2.12. The van der Waals surface area contributed by atoms with E-state index in [9.17, 15) is 22.8 Å². The lowest BCUT2D eigenvalue weighted by atomic mass is 10.2. The van der Waals surface area contributed by atoms with E-state index >= 15 is 0 Å². The van der Waals surface area contributed by atoms with Crippen LogP contribution in [0.2, 0.25) is 0 Å². The van der Waals surface area contributed by atoms with E-state index in [-0.39, 0.29) is 22.8 Å². The van der Waals surface area contributed by atoms with Crippen LogP contribution in [0, 0.1) is 0 Å². The van der Waals surface area contributed by atoms with Crippen LogP contribution in [0.5, 0.6) is 0 Å². The lowest BCUT2D eigenvalue weighted by Crippen LogP contribution is -2.34. The van der Waals surface area contributed by atoms with Gasteiger partial charge in [0, 0.05) is 6.54 Å². The van der Waals surface area contributed by atoms with Gasteiger partial charge in [-0.15, -0.1) is 0 Å². The number of carbonyl (C=O) groups excluding carboxylic acids is 3. The molecule has 2 aromatic rings. The van der Waals surface area contributed by atoms with Crippen LogP contribution in [0.4, 0.5) is 0 Å². The zero-order valence-corrected chi connectivity index (χ0v) is 14.5. The molecule has 1 aromatic carbocycles. The average Bonchev–Trinajstić information content (AvgIpc) is 3.14. The third-order valence-electron chi connectivity index (χ3n) is 3.05. The summed E-state index contributed by atoms with van der Waals surface area (Å²) in [5.41, 5.74) is -0.0471. The van der Waals surface area contributed by atoms with Gasteiger partial charge in [0.05, 0.1) is 16.7 Å². The Labute approximate surface area is 149 Å². The first kappa shape index (κ1) is 19.3. The monoisotopic (exact) mass is 380 g/mol. The highest BCUT2D eigenvalue weighted by molar-refractivity contribution is 7.89. The van der Waals surface area contributed by atoms with Crippen molar-refractivity contribution in [3.63, 3.8) is 0 Å². The molecule has 0 saturated heterocycles. The normalized spacial score (nSPS) is 11.0. The first-order chi connectivity index (χ1) is 12.3. The Bertz CT molecular complexity index is 904. The van der Waals surface area contributed by atoms with Gasteiger partial charge in [-0.2, -0.15) is 0 Å². The van der Waals surface area contributed by atoms with Crippen LogP contribution in [0.15, 0.2) is 52.0 Å². The van der Waals surface area contributed by atoms with Crippen molar-refractivity contribution in [3.05, 3.63) is 54.0 Å². The topological polar surface area (TPSA) is 132 Å². The third kappa shape index (κ3) is 5.01. The Morgan fingerprint density at radius 1 is 1.15 bits per heavy atom. The summed E-state index contributed by atoms with van der Waals surface area (Å²) < 4.78 is 35.8. The summed E-state index contributed by atoms with van der Waals surface area (Å²) >= 11 is 0. The molecule has 0 fully saturated rings. The number of benzene rings is 1. The molecule has 1 aromatic heterocycles. The van der Waals surface area contributed by atoms with E-state index in [2.05, 4.69) is 4.72 Å². The van der Waals surface area contributed by atoms with Gasteiger partial charge in [-0.1, -0.05) is 13.0 Å². The Balaban J connectivity index is 1.95. The summed E-state index contributed by atoms with van der Waals surface area (Å²) in [6.07, 6.45) is 1.27. The van der Waals surface area contributed by atoms with Crippen molar-refractivity contribution in [2.24, 2.45) is 0 Å². The number of amides is 2. The number of esters is 1. The molecule has 1 heterocycles. The smallest absolute Gasteiger partial charge is 0.338 e. The number of ether oxygens (including phenoxy) is 1. The lowest BCUT2D eigenvalue weighted by molar-refractivity contribution is -0.123. The number of furan rings is 1. The van der Waals surface area contributed by atoms with Crippen molar-refractivity contribution in [2.45, 2.75) is 11.8 Å². The molecule has 2 rings (SSSR count). The molecule has 0 saturated carbocycles. The summed E-state index contributed by atoms with van der Waals surface area (Å²) in [5.74, 6) is -2.59. The van der Waals surface area contributed by atoms with Gasteiger partial charge in [0.1, 0.15) is 0 Å². The molecule has 138 valence electrons. The van der Waals surface area contributed by atoms with Crippen molar-refractivity contribution in [1.82, 2.24) is 10.0 Å². The molecule has 9 nitrogen and oxygen atoms in total. The van der Waals surface area contributed by atoms with E-state index < -0.39 is 34.4 Å². The molecule has 2 N–H and O–H groups in total. The fourth-order valence-corrected chi connectivity index (χ4v) is 3.00. The number of imide groups is 1. The van der Waals surface area contributed by atoms with Crippen LogP contribution >= 0.6 is 0 Å². The van der Waals surface area contributed by atoms with E-state index in [1.54, 1.807) is 6.92 Å². The van der Waals surface area contributed by atoms with Crippen LogP contribution in [0.25, 0.3) is 0 Å². The van der Waals surface area contributed by atoms with Crippen LogP contribution in [0.1, 0.15) is 27.8 Å². The minimum atomic E-state index is -3.73. The molecule has 0 aliphatic rings. The van der Waals surface area contributed by atoms with Crippen LogP contribution in [-0.4, -0.2) is 39.4 Å². The largest absolute Gasteiger partial charge is 0.459 e. The molecule has 0 radical (unpaired) electrons. The van der Waals surface area contributed by atoms with Crippen molar-refractivity contribution < 1.29 is 32.0 Å². The Morgan fingerprint density at radius 2 is 1.92 bits per heavy atom. The first-order valence-electron chi connectivity index (χ1n) is 7.48. The number of carbonyl (C=O) groups is 3. The van der Waals surface area contributed by atoms with Crippen molar-refractivity contribution >= 4 is 27.8 Å². The standard InChI is InChI=1S/C16H16N2O7S/c1-2-17-26(22,23)12-6-3-5-11(9-12)16(21)25-10-14(19)18-15(20)13-7-4-8-24-13/h3-9,17H,2,10H2,1H3,(H,18,19,20). The zero-order valence-electron chi connectivity index (χ0n) is 13.7. The van der Waals surface area contributed by atoms with Crippen LogP contribution in [0.3, 0.4) is 0 Å². The van der Waals surface area contributed by atoms with Gasteiger partial charge < -0.3 is 9.15 Å². The third-order valence-corrected chi connectivity index (χ3v) is 4.59. The Morgan fingerprint density at radius 3 is 2.58 bits per heavy atom. The van der Waals surface area contributed by atoms with Crippen LogP contribution in [-0.2, 0) is 19.6 Å². The van der Waals surface area contributed by atoms with E-state index in [1.807, 2.05) is 5.32 Å². The summed E-state index contributed by atoms with van der Waals surface area (Å²) in [6, 6.07) is 8.02. The second-order valence-corrected chi connectivity index (χ2v) is 6.73. The second kappa shape index (κ2) is 8.41. The van der Waals surface area contributed by atoms with Gasteiger partial charge in [-0.3, -0.25) is 14.9 Å². The Hall–Kier alpha value is -2.98. The number of hydrogen-bond donors (Lipinski definition) is 2. The maximum Gasteiger partial charge on any atom is 0.338 e. The molecule has 0 unspecified atom stereocenters. The molecule has 2 amide bonds. The maximum atomic E-state index is 12.0. The van der Waals surface area contributed by atoms with E-state index in [0.29, 0.717) is 0 Å². The second-order valence-electron chi connectivity index (χ2n) is 4.96. The van der Waals surface area contributed by atoms with Gasteiger partial charge in [-0.05, 0) is 30.3 Å². The fourth-order valence-electron chi connectivity index (χ4n) is 1.91. The van der Waals surface area contributed by atoms with Crippen LogP contribution < -0.4 is 10.0 Å². The van der Waals surface area contributed by atoms with Gasteiger partial charge >= 0.3 is 5.97 Å². The van der Waals surface area contributed by atoms with Crippen molar-refractivity contribution in [3.8, 4) is 0 Å². The summed E-state index contributed by atoms with van der Waals surface area (Å²) in [4.78, 5) is 35.1. The molecule has 0 bridgehead atoms. The van der Waals surface area contributed by atoms with E-state index in [1.165, 1.54) is 36.6 Å². The minimum absolute atomic E-state index is 0.0471. The predicted molar refractivity (Wildman–Crippen MR) is 88.8 cm³/mol. The molecule has 0 aliphatic carbocycles. The number of sulfonamides is 1. The average molecular weight is 380 g/mol. The molecule has 0 spiro atoms. The Kier molecular flexibility index (Phi) is 6.26. The van der Waals surface area contributed by atoms with Gasteiger partial charge in [-0.25, -0.2) is 17.9 Å². The molecule has 10 heteroatoms. The summed E-state index contributed by atoms with van der Waals surface area (Å²) in [6.45, 7) is 1.11.